The first-order valence-electron chi connectivity index (χ1n) is 11.5. The first-order valence-corrected chi connectivity index (χ1v) is 12.3. The quantitative estimate of drug-likeness (QED) is 0.517. The van der Waals surface area contributed by atoms with Crippen molar-refractivity contribution in [3.05, 3.63) is 70.7 Å². The zero-order valence-electron chi connectivity index (χ0n) is 19.2. The Labute approximate surface area is 199 Å². The highest BCUT2D eigenvalue weighted by molar-refractivity contribution is 7.10. The maximum absolute atomic E-state index is 13.8. The Morgan fingerprint density at radius 3 is 2.48 bits per heavy atom. The highest BCUT2D eigenvalue weighted by Crippen LogP contribution is 2.31. The van der Waals surface area contributed by atoms with Crippen LogP contribution >= 0.6 is 11.3 Å². The van der Waals surface area contributed by atoms with Crippen LogP contribution in [0.3, 0.4) is 0 Å². The van der Waals surface area contributed by atoms with E-state index in [1.165, 1.54) is 6.42 Å². The summed E-state index contributed by atoms with van der Waals surface area (Å²) in [5, 5.41) is 5.22. The molecule has 1 atom stereocenters. The van der Waals surface area contributed by atoms with Crippen molar-refractivity contribution in [2.24, 2.45) is 7.05 Å². The van der Waals surface area contributed by atoms with Crippen LogP contribution in [0.4, 0.5) is 5.69 Å². The molecule has 2 heterocycles. The van der Waals surface area contributed by atoms with Gasteiger partial charge in [-0.25, -0.2) is 0 Å². The smallest absolute Gasteiger partial charge is 0.249 e. The summed E-state index contributed by atoms with van der Waals surface area (Å²) in [7, 11) is 3.52. The minimum atomic E-state index is -0.771. The van der Waals surface area contributed by atoms with Gasteiger partial charge >= 0.3 is 0 Å². The van der Waals surface area contributed by atoms with Gasteiger partial charge < -0.3 is 14.6 Å². The van der Waals surface area contributed by atoms with E-state index >= 15 is 0 Å². The average Bonchev–Trinajstić information content (AvgIpc) is 3.49. The molecule has 4 rings (SSSR count). The van der Waals surface area contributed by atoms with Gasteiger partial charge in [0.05, 0.1) is 19.2 Å². The van der Waals surface area contributed by atoms with Crippen LogP contribution in [0.1, 0.15) is 48.7 Å². The molecule has 3 aromatic rings. The fourth-order valence-corrected chi connectivity index (χ4v) is 5.19. The van der Waals surface area contributed by atoms with Crippen molar-refractivity contribution in [1.29, 1.82) is 0 Å². The number of nitrogens with zero attached hydrogens (tertiary/aromatic N) is 2. The van der Waals surface area contributed by atoms with Gasteiger partial charge in [0, 0.05) is 29.9 Å². The summed E-state index contributed by atoms with van der Waals surface area (Å²) in [6.07, 6.45) is 7.57. The molecule has 6 nitrogen and oxygen atoms in total. The summed E-state index contributed by atoms with van der Waals surface area (Å²) in [5.41, 5.74) is 1.45. The highest BCUT2D eigenvalue weighted by atomic mass is 32.1. The predicted molar refractivity (Wildman–Crippen MR) is 132 cm³/mol. The first-order chi connectivity index (χ1) is 16.1. The maximum Gasteiger partial charge on any atom is 0.249 e. The molecule has 33 heavy (non-hydrogen) atoms. The molecule has 0 saturated heterocycles. The van der Waals surface area contributed by atoms with Gasteiger partial charge in [0.2, 0.25) is 11.8 Å². The molecule has 1 aliphatic rings. The summed E-state index contributed by atoms with van der Waals surface area (Å²) in [6.45, 7) is 0. The number of amides is 2. The zero-order valence-corrected chi connectivity index (χ0v) is 20.0. The number of methoxy groups -OCH3 is 1. The second-order valence-electron chi connectivity index (χ2n) is 8.51. The van der Waals surface area contributed by atoms with Gasteiger partial charge in [-0.3, -0.25) is 14.5 Å². The van der Waals surface area contributed by atoms with Crippen molar-refractivity contribution >= 4 is 28.8 Å². The van der Waals surface area contributed by atoms with Gasteiger partial charge in [0.1, 0.15) is 5.75 Å². The molecule has 2 amide bonds. The number of carbonyl (C=O) groups is 2. The highest BCUT2D eigenvalue weighted by Gasteiger charge is 2.35. The van der Waals surface area contributed by atoms with Crippen LogP contribution in [-0.4, -0.2) is 29.5 Å². The Hall–Kier alpha value is -3.06. The van der Waals surface area contributed by atoms with E-state index in [0.717, 1.165) is 36.3 Å². The first kappa shape index (κ1) is 23.1. The van der Waals surface area contributed by atoms with Crippen molar-refractivity contribution in [1.82, 2.24) is 9.88 Å². The van der Waals surface area contributed by atoms with E-state index < -0.39 is 6.04 Å². The maximum atomic E-state index is 13.8. The van der Waals surface area contributed by atoms with E-state index in [9.17, 15) is 9.59 Å². The van der Waals surface area contributed by atoms with E-state index in [2.05, 4.69) is 5.32 Å². The van der Waals surface area contributed by atoms with Gasteiger partial charge in [0.15, 0.2) is 6.04 Å². The van der Waals surface area contributed by atoms with Crippen LogP contribution < -0.4 is 15.0 Å². The Morgan fingerprint density at radius 1 is 1.12 bits per heavy atom. The minimum absolute atomic E-state index is 0.118. The van der Waals surface area contributed by atoms with Gasteiger partial charge in [-0.15, -0.1) is 11.3 Å². The monoisotopic (exact) mass is 465 g/mol. The lowest BCUT2D eigenvalue weighted by Crippen LogP contribution is -2.48. The molecule has 0 bridgehead atoms. The van der Waals surface area contributed by atoms with Crippen molar-refractivity contribution in [3.63, 3.8) is 0 Å². The van der Waals surface area contributed by atoms with Crippen LogP contribution in [0.5, 0.6) is 5.75 Å². The third kappa shape index (κ3) is 5.47. The topological polar surface area (TPSA) is 63.6 Å². The molecule has 0 aliphatic heterocycles. The predicted octanol–water partition coefficient (Wildman–Crippen LogP) is 4.86. The molecule has 1 aliphatic carbocycles. The summed E-state index contributed by atoms with van der Waals surface area (Å²) in [4.78, 5) is 30.1. The fraction of sp³-hybridized carbons (Fsp3) is 0.385. The molecule has 2 aromatic heterocycles. The molecule has 1 N–H and O–H groups in total. The molecule has 0 unspecified atom stereocenters. The molecule has 7 heteroatoms. The molecule has 1 aromatic carbocycles. The lowest BCUT2D eigenvalue weighted by molar-refractivity contribution is -0.127. The number of rotatable bonds is 8. The van der Waals surface area contributed by atoms with Gasteiger partial charge in [-0.1, -0.05) is 25.3 Å². The summed E-state index contributed by atoms with van der Waals surface area (Å²) in [6, 6.07) is 14.4. The number of aromatic nitrogens is 1. The number of hydrogen-bond acceptors (Lipinski definition) is 4. The van der Waals surface area contributed by atoms with Crippen molar-refractivity contribution in [2.75, 3.05) is 12.0 Å². The number of hydrogen-bond donors (Lipinski definition) is 1. The van der Waals surface area contributed by atoms with E-state index in [-0.39, 0.29) is 24.3 Å². The number of thiophene rings is 1. The van der Waals surface area contributed by atoms with Crippen LogP contribution in [0, 0.1) is 0 Å². The van der Waals surface area contributed by atoms with E-state index in [1.54, 1.807) is 23.3 Å². The number of benzene rings is 1. The van der Waals surface area contributed by atoms with Crippen molar-refractivity contribution in [3.8, 4) is 5.75 Å². The zero-order chi connectivity index (χ0) is 23.2. The van der Waals surface area contributed by atoms with Crippen molar-refractivity contribution < 1.29 is 14.3 Å². The number of nitrogens with one attached hydrogen (secondary N) is 1. The second-order valence-corrected chi connectivity index (χ2v) is 9.54. The van der Waals surface area contributed by atoms with Crippen molar-refractivity contribution in [2.45, 2.75) is 50.6 Å². The van der Waals surface area contributed by atoms with E-state index in [4.69, 9.17) is 4.74 Å². The molecule has 1 fully saturated rings. The van der Waals surface area contributed by atoms with Crippen LogP contribution in [-0.2, 0) is 23.1 Å². The van der Waals surface area contributed by atoms with Crippen LogP contribution in [0.25, 0.3) is 0 Å². The Bertz CT molecular complexity index is 1050. The molecule has 1 saturated carbocycles. The number of ether oxygens (including phenoxy) is 1. The lowest BCUT2D eigenvalue weighted by Gasteiger charge is -2.33. The summed E-state index contributed by atoms with van der Waals surface area (Å²) >= 11 is 1.55. The molecular weight excluding hydrogens is 434 g/mol. The van der Waals surface area contributed by atoms with Gasteiger partial charge in [0.25, 0.3) is 0 Å². The number of carbonyl (C=O) groups excluding carboxylic acids is 2. The minimum Gasteiger partial charge on any atom is -0.497 e. The van der Waals surface area contributed by atoms with E-state index in [0.29, 0.717) is 11.4 Å². The molecule has 174 valence electrons. The van der Waals surface area contributed by atoms with E-state index in [1.807, 2.05) is 71.7 Å². The third-order valence-electron chi connectivity index (χ3n) is 6.25. The normalized spacial score (nSPS) is 15.1. The van der Waals surface area contributed by atoms with Crippen LogP contribution in [0.15, 0.2) is 60.1 Å². The largest absolute Gasteiger partial charge is 0.497 e. The third-order valence-corrected chi connectivity index (χ3v) is 7.12. The second kappa shape index (κ2) is 10.7. The summed E-state index contributed by atoms with van der Waals surface area (Å²) < 4.78 is 7.23. The van der Waals surface area contributed by atoms with Gasteiger partial charge in [-0.05, 0) is 60.7 Å². The Morgan fingerprint density at radius 2 is 1.88 bits per heavy atom. The van der Waals surface area contributed by atoms with Crippen LogP contribution in [0.2, 0.25) is 0 Å². The lowest BCUT2D eigenvalue weighted by atomic mass is 9.95. The standard InChI is InChI=1S/C26H31N3O3S/c1-28-16-6-11-23(28)25(26(31)27-19-8-4-3-5-9-19)29(20-12-14-21(32-2)15-13-20)24(30)18-22-10-7-17-33-22/h6-7,10-17,19,25H,3-5,8-9,18H2,1-2H3,(H,27,31)/t25-/m1/s1. The summed E-state index contributed by atoms with van der Waals surface area (Å²) in [5.74, 6) is 0.443. The average molecular weight is 466 g/mol. The van der Waals surface area contributed by atoms with Gasteiger partial charge in [-0.2, -0.15) is 0 Å². The Kier molecular flexibility index (Phi) is 7.50. The molecule has 0 radical (unpaired) electrons. The Balaban J connectivity index is 1.73. The number of aryl methyl sites for hydroxylation is 1. The fourth-order valence-electron chi connectivity index (χ4n) is 4.50. The molecular formula is C26H31N3O3S. The number of anilines is 1. The molecule has 0 spiro atoms. The SMILES string of the molecule is COc1ccc(N(C(=O)Cc2cccs2)[C@@H](C(=O)NC2CCCCC2)c2cccn2C)cc1.